The van der Waals surface area contributed by atoms with E-state index in [4.69, 9.17) is 4.74 Å². The second-order valence-electron chi connectivity index (χ2n) is 6.94. The van der Waals surface area contributed by atoms with Crippen molar-refractivity contribution in [2.45, 2.75) is 38.5 Å². The molecule has 4 nitrogen and oxygen atoms in total. The van der Waals surface area contributed by atoms with Gasteiger partial charge in [0.05, 0.1) is 13.2 Å². The smallest absolute Gasteiger partial charge is 0.410 e. The van der Waals surface area contributed by atoms with E-state index in [-0.39, 0.29) is 13.1 Å². The standard InChI is InChI=1S/C17H24FNO3/c1-16(2,3)22-15(21)19-10-14(17(18,11-19)12-20)9-13-7-5-4-6-8-13/h4-8,14,20H,9-12H2,1-3H3. The van der Waals surface area contributed by atoms with E-state index in [1.807, 2.05) is 30.3 Å². The quantitative estimate of drug-likeness (QED) is 0.934. The van der Waals surface area contributed by atoms with Crippen molar-refractivity contribution in [3.05, 3.63) is 35.9 Å². The predicted molar refractivity (Wildman–Crippen MR) is 82.4 cm³/mol. The molecule has 1 saturated heterocycles. The highest BCUT2D eigenvalue weighted by atomic mass is 19.1. The summed E-state index contributed by atoms with van der Waals surface area (Å²) in [4.78, 5) is 13.5. The average Bonchev–Trinajstić information content (AvgIpc) is 2.77. The molecule has 1 amide bonds. The molecule has 1 aliphatic rings. The number of likely N-dealkylation sites (tertiary alicyclic amines) is 1. The number of amides is 1. The molecule has 0 aliphatic carbocycles. The van der Waals surface area contributed by atoms with Crippen LogP contribution in [0.5, 0.6) is 0 Å². The summed E-state index contributed by atoms with van der Waals surface area (Å²) in [6.07, 6.45) is -0.0458. The summed E-state index contributed by atoms with van der Waals surface area (Å²) in [5.41, 5.74) is -1.41. The highest BCUT2D eigenvalue weighted by Crippen LogP contribution is 2.34. The summed E-state index contributed by atoms with van der Waals surface area (Å²) >= 11 is 0. The van der Waals surface area contributed by atoms with E-state index in [0.717, 1.165) is 5.56 Å². The van der Waals surface area contributed by atoms with Crippen LogP contribution in [0.1, 0.15) is 26.3 Å². The minimum atomic E-state index is -1.78. The highest BCUT2D eigenvalue weighted by molar-refractivity contribution is 5.68. The van der Waals surface area contributed by atoms with Crippen LogP contribution in [0, 0.1) is 5.92 Å². The first-order valence-corrected chi connectivity index (χ1v) is 7.55. The molecular weight excluding hydrogens is 285 g/mol. The normalized spacial score (nSPS) is 25.3. The van der Waals surface area contributed by atoms with Crippen molar-refractivity contribution in [1.29, 1.82) is 0 Å². The lowest BCUT2D eigenvalue weighted by molar-refractivity contribution is 0.0195. The maximum absolute atomic E-state index is 14.9. The van der Waals surface area contributed by atoms with Gasteiger partial charge in [0, 0.05) is 12.5 Å². The van der Waals surface area contributed by atoms with Gasteiger partial charge in [-0.15, -0.1) is 0 Å². The van der Waals surface area contributed by atoms with Gasteiger partial charge in [-0.2, -0.15) is 0 Å². The SMILES string of the molecule is CC(C)(C)OC(=O)N1CC(Cc2ccccc2)C(F)(CO)C1. The van der Waals surface area contributed by atoms with E-state index in [9.17, 15) is 14.3 Å². The third kappa shape index (κ3) is 3.97. The summed E-state index contributed by atoms with van der Waals surface area (Å²) < 4.78 is 20.2. The molecule has 0 spiro atoms. The van der Waals surface area contributed by atoms with Crippen molar-refractivity contribution in [1.82, 2.24) is 4.90 Å². The van der Waals surface area contributed by atoms with E-state index >= 15 is 0 Å². The van der Waals surface area contributed by atoms with E-state index in [2.05, 4.69) is 0 Å². The molecule has 1 aromatic rings. The van der Waals surface area contributed by atoms with Gasteiger partial charge in [0.2, 0.25) is 0 Å². The van der Waals surface area contributed by atoms with Gasteiger partial charge in [0.25, 0.3) is 0 Å². The minimum absolute atomic E-state index is 0.129. The molecule has 1 aliphatic heterocycles. The summed E-state index contributed by atoms with van der Waals surface area (Å²) in [7, 11) is 0. The van der Waals surface area contributed by atoms with E-state index in [0.29, 0.717) is 6.42 Å². The van der Waals surface area contributed by atoms with Gasteiger partial charge in [-0.3, -0.25) is 0 Å². The third-order valence-corrected chi connectivity index (χ3v) is 3.87. The number of alkyl halides is 1. The molecule has 0 bridgehead atoms. The summed E-state index contributed by atoms with van der Waals surface area (Å²) in [5, 5.41) is 9.45. The van der Waals surface area contributed by atoms with E-state index in [1.54, 1.807) is 20.8 Å². The molecule has 0 saturated carbocycles. The Hall–Kier alpha value is -1.62. The first-order valence-electron chi connectivity index (χ1n) is 7.55. The molecule has 2 unspecified atom stereocenters. The minimum Gasteiger partial charge on any atom is -0.444 e. The highest BCUT2D eigenvalue weighted by Gasteiger charge is 2.49. The molecule has 2 rings (SSSR count). The first kappa shape index (κ1) is 16.7. The van der Waals surface area contributed by atoms with Crippen LogP contribution in [0.25, 0.3) is 0 Å². The molecule has 5 heteroatoms. The molecular formula is C17H24FNO3. The molecule has 22 heavy (non-hydrogen) atoms. The van der Waals surface area contributed by atoms with Crippen LogP contribution in [-0.4, -0.2) is 47.1 Å². The van der Waals surface area contributed by atoms with Crippen molar-refractivity contribution in [2.75, 3.05) is 19.7 Å². The topological polar surface area (TPSA) is 49.8 Å². The third-order valence-electron chi connectivity index (χ3n) is 3.87. The molecule has 122 valence electrons. The Labute approximate surface area is 130 Å². The monoisotopic (exact) mass is 309 g/mol. The largest absolute Gasteiger partial charge is 0.444 e. The lowest BCUT2D eigenvalue weighted by atomic mass is 9.88. The number of nitrogens with zero attached hydrogens (tertiary/aromatic N) is 1. The van der Waals surface area contributed by atoms with Gasteiger partial charge in [-0.05, 0) is 32.8 Å². The molecule has 2 atom stereocenters. The fourth-order valence-electron chi connectivity index (χ4n) is 2.73. The molecule has 1 heterocycles. The molecule has 1 N–H and O–H groups in total. The van der Waals surface area contributed by atoms with Gasteiger partial charge >= 0.3 is 6.09 Å². The van der Waals surface area contributed by atoms with E-state index in [1.165, 1.54) is 4.90 Å². The Morgan fingerprint density at radius 3 is 2.59 bits per heavy atom. The van der Waals surface area contributed by atoms with Crippen LogP contribution in [0.3, 0.4) is 0 Å². The van der Waals surface area contributed by atoms with Crippen LogP contribution >= 0.6 is 0 Å². The summed E-state index contributed by atoms with van der Waals surface area (Å²) in [6, 6.07) is 9.55. The predicted octanol–water partition coefficient (Wildman–Crippen LogP) is 2.80. The number of ether oxygens (including phenoxy) is 1. The zero-order valence-corrected chi connectivity index (χ0v) is 13.4. The lowest BCUT2D eigenvalue weighted by Crippen LogP contribution is -2.40. The molecule has 1 aromatic carbocycles. The number of hydrogen-bond acceptors (Lipinski definition) is 3. The molecule has 1 fully saturated rings. The second kappa shape index (κ2) is 6.24. The zero-order chi connectivity index (χ0) is 16.4. The van der Waals surface area contributed by atoms with Crippen LogP contribution in [0.2, 0.25) is 0 Å². The Bertz CT molecular complexity index is 514. The van der Waals surface area contributed by atoms with Gasteiger partial charge in [-0.1, -0.05) is 30.3 Å². The fourth-order valence-corrected chi connectivity index (χ4v) is 2.73. The second-order valence-corrected chi connectivity index (χ2v) is 6.94. The van der Waals surface area contributed by atoms with Gasteiger partial charge < -0.3 is 14.7 Å². The van der Waals surface area contributed by atoms with E-state index < -0.39 is 29.9 Å². The first-order chi connectivity index (χ1) is 10.2. The maximum Gasteiger partial charge on any atom is 0.410 e. The average molecular weight is 309 g/mol. The van der Waals surface area contributed by atoms with Crippen LogP contribution < -0.4 is 0 Å². The number of aliphatic hydroxyl groups excluding tert-OH is 1. The van der Waals surface area contributed by atoms with Crippen molar-refractivity contribution in [3.63, 3.8) is 0 Å². The number of hydrogen-bond donors (Lipinski definition) is 1. The van der Waals surface area contributed by atoms with Gasteiger partial charge in [-0.25, -0.2) is 9.18 Å². The molecule has 0 radical (unpaired) electrons. The zero-order valence-electron chi connectivity index (χ0n) is 13.4. The number of carbonyl (C=O) groups excluding carboxylic acids is 1. The van der Waals surface area contributed by atoms with Gasteiger partial charge in [0.15, 0.2) is 5.67 Å². The Morgan fingerprint density at radius 2 is 2.05 bits per heavy atom. The van der Waals surface area contributed by atoms with Crippen molar-refractivity contribution in [3.8, 4) is 0 Å². The summed E-state index contributed by atoms with van der Waals surface area (Å²) in [6.45, 7) is 4.85. The van der Waals surface area contributed by atoms with Crippen molar-refractivity contribution >= 4 is 6.09 Å². The number of carbonyl (C=O) groups is 1. The summed E-state index contributed by atoms with van der Waals surface area (Å²) in [5.74, 6) is -0.438. The Kier molecular flexibility index (Phi) is 4.75. The van der Waals surface area contributed by atoms with Crippen LogP contribution in [0.15, 0.2) is 30.3 Å². The van der Waals surface area contributed by atoms with Crippen LogP contribution in [-0.2, 0) is 11.2 Å². The Morgan fingerprint density at radius 1 is 1.41 bits per heavy atom. The lowest BCUT2D eigenvalue weighted by Gasteiger charge is -2.25. The Balaban J connectivity index is 2.09. The van der Waals surface area contributed by atoms with Gasteiger partial charge in [0.1, 0.15) is 5.60 Å². The van der Waals surface area contributed by atoms with Crippen molar-refractivity contribution in [2.24, 2.45) is 5.92 Å². The number of halogens is 1. The number of benzene rings is 1. The van der Waals surface area contributed by atoms with Crippen molar-refractivity contribution < 1.29 is 19.0 Å². The van der Waals surface area contributed by atoms with Crippen LogP contribution in [0.4, 0.5) is 9.18 Å². The number of rotatable bonds is 3. The molecule has 0 aromatic heterocycles. The number of aliphatic hydroxyl groups is 1. The fraction of sp³-hybridized carbons (Fsp3) is 0.588. The maximum atomic E-state index is 14.9.